The number of hydrogen-bond acceptors (Lipinski definition) is 6. The molecule has 0 saturated carbocycles. The molecule has 0 atom stereocenters. The molecular formula is C54H35N7. The fourth-order valence-electron chi connectivity index (χ4n) is 7.98. The fourth-order valence-corrected chi connectivity index (χ4v) is 7.98. The average molecular weight is 782 g/mol. The van der Waals surface area contributed by atoms with E-state index in [2.05, 4.69) is 114 Å². The van der Waals surface area contributed by atoms with Crippen LogP contribution in [0.3, 0.4) is 0 Å². The molecule has 3 aromatic heterocycles. The summed E-state index contributed by atoms with van der Waals surface area (Å²) in [4.78, 5) is 30.5. The maximum Gasteiger partial charge on any atom is 0.166 e. The molecule has 0 unspecified atom stereocenters. The predicted octanol–water partition coefficient (Wildman–Crippen LogP) is 12.8. The first-order chi connectivity index (χ1) is 30.2. The van der Waals surface area contributed by atoms with Gasteiger partial charge in [-0.3, -0.25) is 0 Å². The van der Waals surface area contributed by atoms with Gasteiger partial charge in [-0.2, -0.15) is 0 Å². The molecule has 61 heavy (non-hydrogen) atoms. The predicted molar refractivity (Wildman–Crippen MR) is 246 cm³/mol. The Hall–Kier alpha value is -8.42. The van der Waals surface area contributed by atoms with E-state index in [1.54, 1.807) is 0 Å². The quantitative estimate of drug-likeness (QED) is 0.153. The van der Waals surface area contributed by atoms with Crippen molar-refractivity contribution in [1.82, 2.24) is 34.5 Å². The van der Waals surface area contributed by atoms with Crippen molar-refractivity contribution in [3.8, 4) is 85.1 Å². The standard InChI is InChI=1S/C54H35N7/c1-5-18-36(19-6-1)40-26-17-27-41(34-40)52-58-51(39-24-11-4-12-25-39)59-54(60-52)44-29-14-16-31-47(44)61-46-30-15-13-28-43(46)45-35-42(32-33-48(45)61)53-56-49(37-20-7-2-8-21-37)55-50(57-53)38-22-9-3-10-23-38/h1-35H. The van der Waals surface area contributed by atoms with Crippen molar-refractivity contribution in [3.05, 3.63) is 212 Å². The molecule has 0 N–H and O–H groups in total. The molecule has 7 nitrogen and oxygen atoms in total. The zero-order valence-corrected chi connectivity index (χ0v) is 32.8. The lowest BCUT2D eigenvalue weighted by atomic mass is 10.0. The van der Waals surface area contributed by atoms with E-state index in [1.165, 1.54) is 0 Å². The Morgan fingerprint density at radius 3 is 1.25 bits per heavy atom. The first-order valence-electron chi connectivity index (χ1n) is 20.2. The van der Waals surface area contributed by atoms with Crippen LogP contribution in [0.4, 0.5) is 0 Å². The van der Waals surface area contributed by atoms with Gasteiger partial charge in [-0.1, -0.05) is 170 Å². The van der Waals surface area contributed by atoms with Crippen LogP contribution in [-0.4, -0.2) is 34.5 Å². The highest BCUT2D eigenvalue weighted by Crippen LogP contribution is 2.38. The Morgan fingerprint density at radius 2 is 0.656 bits per heavy atom. The second kappa shape index (κ2) is 15.4. The summed E-state index contributed by atoms with van der Waals surface area (Å²) in [5, 5.41) is 2.18. The zero-order chi connectivity index (χ0) is 40.5. The third-order valence-electron chi connectivity index (χ3n) is 10.9. The highest BCUT2D eigenvalue weighted by molar-refractivity contribution is 6.10. The van der Waals surface area contributed by atoms with Crippen LogP contribution in [0.1, 0.15) is 0 Å². The van der Waals surface area contributed by atoms with Gasteiger partial charge in [-0.25, -0.2) is 29.9 Å². The summed E-state index contributed by atoms with van der Waals surface area (Å²) in [6, 6.07) is 72.3. The van der Waals surface area contributed by atoms with Crippen molar-refractivity contribution in [3.63, 3.8) is 0 Å². The molecule has 0 bridgehead atoms. The Morgan fingerprint density at radius 1 is 0.246 bits per heavy atom. The average Bonchev–Trinajstić information content (AvgIpc) is 3.68. The number of aromatic nitrogens is 7. The van der Waals surface area contributed by atoms with Crippen LogP contribution in [0.5, 0.6) is 0 Å². The zero-order valence-electron chi connectivity index (χ0n) is 32.8. The largest absolute Gasteiger partial charge is 0.309 e. The normalized spacial score (nSPS) is 11.3. The second-order valence-electron chi connectivity index (χ2n) is 14.8. The van der Waals surface area contributed by atoms with Crippen molar-refractivity contribution < 1.29 is 0 Å². The molecule has 11 aromatic rings. The second-order valence-corrected chi connectivity index (χ2v) is 14.8. The summed E-state index contributed by atoms with van der Waals surface area (Å²) >= 11 is 0. The molecule has 0 amide bonds. The maximum absolute atomic E-state index is 5.23. The lowest BCUT2D eigenvalue weighted by Crippen LogP contribution is -2.03. The molecule has 8 aromatic carbocycles. The summed E-state index contributed by atoms with van der Waals surface area (Å²) in [6.45, 7) is 0. The number of rotatable bonds is 8. The summed E-state index contributed by atoms with van der Waals surface area (Å²) in [5.74, 6) is 3.65. The smallest absolute Gasteiger partial charge is 0.166 e. The van der Waals surface area contributed by atoms with Gasteiger partial charge in [0.25, 0.3) is 0 Å². The van der Waals surface area contributed by atoms with Gasteiger partial charge in [0.2, 0.25) is 0 Å². The molecule has 3 heterocycles. The van der Waals surface area contributed by atoms with Crippen LogP contribution < -0.4 is 0 Å². The summed E-state index contributed by atoms with van der Waals surface area (Å²) in [6.07, 6.45) is 0. The monoisotopic (exact) mass is 781 g/mol. The van der Waals surface area contributed by atoms with Gasteiger partial charge in [-0.05, 0) is 53.6 Å². The molecule has 7 heteroatoms. The van der Waals surface area contributed by atoms with Gasteiger partial charge in [-0.15, -0.1) is 0 Å². The van der Waals surface area contributed by atoms with Crippen molar-refractivity contribution in [2.45, 2.75) is 0 Å². The van der Waals surface area contributed by atoms with Crippen molar-refractivity contribution in [2.24, 2.45) is 0 Å². The first kappa shape index (κ1) is 35.7. The Labute approximate surface area is 352 Å². The van der Waals surface area contributed by atoms with Crippen LogP contribution in [-0.2, 0) is 0 Å². The molecule has 286 valence electrons. The van der Waals surface area contributed by atoms with E-state index in [0.717, 1.165) is 72.0 Å². The SMILES string of the molecule is c1ccc(-c2cccc(-c3nc(-c4ccccc4)nc(-c4ccccc4-n4c5ccccc5c5cc(-c6nc(-c7ccccc7)nc(-c7ccccc7)n6)ccc54)n3)c2)cc1. The van der Waals surface area contributed by atoms with Crippen LogP contribution in [0.25, 0.3) is 107 Å². The van der Waals surface area contributed by atoms with E-state index >= 15 is 0 Å². The Bertz CT molecular complexity index is 3290. The molecular weight excluding hydrogens is 747 g/mol. The van der Waals surface area contributed by atoms with Crippen LogP contribution in [0, 0.1) is 0 Å². The van der Waals surface area contributed by atoms with E-state index < -0.39 is 0 Å². The number of benzene rings is 8. The molecule has 0 saturated heterocycles. The van der Waals surface area contributed by atoms with Gasteiger partial charge < -0.3 is 4.57 Å². The third-order valence-corrected chi connectivity index (χ3v) is 10.9. The fraction of sp³-hybridized carbons (Fsp3) is 0. The molecule has 0 spiro atoms. The Balaban J connectivity index is 1.08. The van der Waals surface area contributed by atoms with Crippen LogP contribution in [0.2, 0.25) is 0 Å². The number of nitrogens with zero attached hydrogens (tertiary/aromatic N) is 7. The molecule has 11 rings (SSSR count). The molecule has 0 fully saturated rings. The summed E-state index contributed by atoms with van der Waals surface area (Å²) in [5.41, 5.74) is 10.7. The van der Waals surface area contributed by atoms with E-state index in [9.17, 15) is 0 Å². The molecule has 0 radical (unpaired) electrons. The lowest BCUT2D eigenvalue weighted by molar-refractivity contribution is 1.06. The van der Waals surface area contributed by atoms with Gasteiger partial charge in [0.05, 0.1) is 16.7 Å². The van der Waals surface area contributed by atoms with E-state index in [-0.39, 0.29) is 0 Å². The lowest BCUT2D eigenvalue weighted by Gasteiger charge is -2.15. The summed E-state index contributed by atoms with van der Waals surface area (Å²) < 4.78 is 2.31. The van der Waals surface area contributed by atoms with Crippen molar-refractivity contribution in [1.29, 1.82) is 0 Å². The van der Waals surface area contributed by atoms with Crippen LogP contribution in [0.15, 0.2) is 212 Å². The van der Waals surface area contributed by atoms with Gasteiger partial charge in [0.15, 0.2) is 34.9 Å². The minimum Gasteiger partial charge on any atom is -0.309 e. The minimum absolute atomic E-state index is 0.583. The molecule has 0 aliphatic rings. The van der Waals surface area contributed by atoms with Crippen molar-refractivity contribution in [2.75, 3.05) is 0 Å². The third kappa shape index (κ3) is 6.80. The van der Waals surface area contributed by atoms with Crippen LogP contribution >= 0.6 is 0 Å². The van der Waals surface area contributed by atoms with Gasteiger partial charge in [0, 0.05) is 44.2 Å². The van der Waals surface area contributed by atoms with Gasteiger partial charge >= 0.3 is 0 Å². The van der Waals surface area contributed by atoms with Gasteiger partial charge in [0.1, 0.15) is 0 Å². The highest BCUT2D eigenvalue weighted by atomic mass is 15.1. The molecule has 0 aliphatic heterocycles. The van der Waals surface area contributed by atoms with E-state index in [0.29, 0.717) is 34.9 Å². The maximum atomic E-state index is 5.23. The highest BCUT2D eigenvalue weighted by Gasteiger charge is 2.21. The first-order valence-corrected chi connectivity index (χ1v) is 20.2. The number of hydrogen-bond donors (Lipinski definition) is 0. The number of fused-ring (bicyclic) bond motifs is 3. The van der Waals surface area contributed by atoms with E-state index in [1.807, 2.05) is 103 Å². The minimum atomic E-state index is 0.583. The summed E-state index contributed by atoms with van der Waals surface area (Å²) in [7, 11) is 0. The van der Waals surface area contributed by atoms with E-state index in [4.69, 9.17) is 29.9 Å². The van der Waals surface area contributed by atoms with Crippen molar-refractivity contribution >= 4 is 21.8 Å². The molecule has 0 aliphatic carbocycles. The Kier molecular flexibility index (Phi) is 9.02. The number of para-hydroxylation sites is 2. The topological polar surface area (TPSA) is 82.3 Å².